The van der Waals surface area contributed by atoms with Gasteiger partial charge in [0.1, 0.15) is 11.6 Å². The number of aryl methyl sites for hydroxylation is 2. The molecule has 3 aromatic rings. The SMILES string of the molecule is CCCCCCOc1ccc(C=NNC(=O)c2ccc3c(c2)nc(C)n3CC)cc1. The smallest absolute Gasteiger partial charge is 0.271 e. The zero-order chi connectivity index (χ0) is 21.3. The summed E-state index contributed by atoms with van der Waals surface area (Å²) in [6.45, 7) is 7.83. The first-order chi connectivity index (χ1) is 14.6. The van der Waals surface area contributed by atoms with E-state index in [1.54, 1.807) is 18.3 Å². The number of carbonyl (C=O) groups excluding carboxylic acids is 1. The van der Waals surface area contributed by atoms with Gasteiger partial charge >= 0.3 is 0 Å². The summed E-state index contributed by atoms with van der Waals surface area (Å²) < 4.78 is 7.86. The second kappa shape index (κ2) is 10.6. The minimum Gasteiger partial charge on any atom is -0.494 e. The van der Waals surface area contributed by atoms with Gasteiger partial charge < -0.3 is 9.30 Å². The highest BCUT2D eigenvalue weighted by atomic mass is 16.5. The first-order valence-electron chi connectivity index (χ1n) is 10.7. The normalized spacial score (nSPS) is 11.3. The zero-order valence-electron chi connectivity index (χ0n) is 18.0. The maximum atomic E-state index is 12.4. The van der Waals surface area contributed by atoms with Gasteiger partial charge in [0.2, 0.25) is 0 Å². The lowest BCUT2D eigenvalue weighted by Gasteiger charge is -2.06. The monoisotopic (exact) mass is 406 g/mol. The lowest BCUT2D eigenvalue weighted by molar-refractivity contribution is 0.0955. The lowest BCUT2D eigenvalue weighted by Crippen LogP contribution is -2.17. The Morgan fingerprint density at radius 3 is 2.67 bits per heavy atom. The number of benzene rings is 2. The van der Waals surface area contributed by atoms with Gasteiger partial charge in [0, 0.05) is 12.1 Å². The van der Waals surface area contributed by atoms with E-state index < -0.39 is 0 Å². The van der Waals surface area contributed by atoms with E-state index in [2.05, 4.69) is 33.9 Å². The van der Waals surface area contributed by atoms with Crippen LogP contribution in [0.5, 0.6) is 5.75 Å². The number of hydrogen-bond acceptors (Lipinski definition) is 4. The van der Waals surface area contributed by atoms with Crippen molar-refractivity contribution in [3.05, 3.63) is 59.4 Å². The molecule has 1 heterocycles. The summed E-state index contributed by atoms with van der Waals surface area (Å²) >= 11 is 0. The molecule has 0 unspecified atom stereocenters. The molecular formula is C24H30N4O2. The van der Waals surface area contributed by atoms with Crippen LogP contribution >= 0.6 is 0 Å². The minimum absolute atomic E-state index is 0.260. The van der Waals surface area contributed by atoms with E-state index in [4.69, 9.17) is 4.74 Å². The van der Waals surface area contributed by atoms with E-state index in [9.17, 15) is 4.79 Å². The topological polar surface area (TPSA) is 68.5 Å². The highest BCUT2D eigenvalue weighted by Gasteiger charge is 2.10. The third kappa shape index (κ3) is 5.47. The summed E-state index contributed by atoms with van der Waals surface area (Å²) in [6.07, 6.45) is 6.38. The van der Waals surface area contributed by atoms with Gasteiger partial charge in [0.15, 0.2) is 0 Å². The van der Waals surface area contributed by atoms with Crippen molar-refractivity contribution in [2.45, 2.75) is 53.0 Å². The Morgan fingerprint density at radius 1 is 1.13 bits per heavy atom. The molecule has 6 nitrogen and oxygen atoms in total. The van der Waals surface area contributed by atoms with Crippen LogP contribution in [0.4, 0.5) is 0 Å². The van der Waals surface area contributed by atoms with Gasteiger partial charge in [-0.15, -0.1) is 0 Å². The Balaban J connectivity index is 1.53. The summed E-state index contributed by atoms with van der Waals surface area (Å²) in [5, 5.41) is 4.07. The van der Waals surface area contributed by atoms with Crippen LogP contribution in [0, 0.1) is 6.92 Å². The molecule has 0 aliphatic heterocycles. The van der Waals surface area contributed by atoms with Crippen molar-refractivity contribution in [3.63, 3.8) is 0 Å². The van der Waals surface area contributed by atoms with Crippen LogP contribution in [0.2, 0.25) is 0 Å². The summed E-state index contributed by atoms with van der Waals surface area (Å²) in [7, 11) is 0. The fourth-order valence-corrected chi connectivity index (χ4v) is 3.39. The van der Waals surface area contributed by atoms with Gasteiger partial charge in [-0.1, -0.05) is 26.2 Å². The maximum Gasteiger partial charge on any atom is 0.271 e. The first kappa shape index (κ1) is 21.6. The minimum atomic E-state index is -0.260. The van der Waals surface area contributed by atoms with Gasteiger partial charge in [-0.25, -0.2) is 10.4 Å². The number of nitrogens with one attached hydrogen (secondary N) is 1. The number of rotatable bonds is 10. The number of unbranched alkanes of at least 4 members (excludes halogenated alkanes) is 3. The Morgan fingerprint density at radius 2 is 1.93 bits per heavy atom. The van der Waals surface area contributed by atoms with Crippen LogP contribution in [0.3, 0.4) is 0 Å². The van der Waals surface area contributed by atoms with Gasteiger partial charge in [0.05, 0.1) is 23.9 Å². The number of aromatic nitrogens is 2. The predicted molar refractivity (Wildman–Crippen MR) is 121 cm³/mol. The fourth-order valence-electron chi connectivity index (χ4n) is 3.39. The molecule has 0 aliphatic carbocycles. The maximum absolute atomic E-state index is 12.4. The van der Waals surface area contributed by atoms with Crippen molar-refractivity contribution in [3.8, 4) is 5.75 Å². The Kier molecular flexibility index (Phi) is 7.60. The number of nitrogens with zero attached hydrogens (tertiary/aromatic N) is 3. The number of ether oxygens (including phenoxy) is 1. The van der Waals surface area contributed by atoms with Crippen LogP contribution in [0.15, 0.2) is 47.6 Å². The van der Waals surface area contributed by atoms with Crippen molar-refractivity contribution in [2.24, 2.45) is 5.10 Å². The molecule has 0 bridgehead atoms. The second-order valence-corrected chi connectivity index (χ2v) is 7.28. The number of carbonyl (C=O) groups is 1. The van der Waals surface area contributed by atoms with E-state index in [-0.39, 0.29) is 5.91 Å². The highest BCUT2D eigenvalue weighted by molar-refractivity contribution is 5.97. The molecule has 158 valence electrons. The molecule has 0 saturated carbocycles. The first-order valence-corrected chi connectivity index (χ1v) is 10.7. The molecule has 0 fully saturated rings. The third-order valence-electron chi connectivity index (χ3n) is 5.04. The molecule has 0 aliphatic rings. The van der Waals surface area contributed by atoms with E-state index in [0.717, 1.165) is 47.7 Å². The van der Waals surface area contributed by atoms with Crippen molar-refractivity contribution in [1.29, 1.82) is 0 Å². The number of amides is 1. The molecule has 3 rings (SSSR count). The standard InChI is InChI=1S/C24H30N4O2/c1-4-6-7-8-15-30-21-12-9-19(10-13-21)17-25-27-24(29)20-11-14-23-22(16-20)26-18(3)28(23)5-2/h9-14,16-17H,4-8,15H2,1-3H3,(H,27,29). The van der Waals surface area contributed by atoms with Crippen molar-refractivity contribution in [2.75, 3.05) is 6.61 Å². The van der Waals surface area contributed by atoms with E-state index in [0.29, 0.717) is 5.56 Å². The molecule has 1 N–H and O–H groups in total. The van der Waals surface area contributed by atoms with Crippen molar-refractivity contribution < 1.29 is 9.53 Å². The van der Waals surface area contributed by atoms with Crippen molar-refractivity contribution in [1.82, 2.24) is 15.0 Å². The van der Waals surface area contributed by atoms with E-state index >= 15 is 0 Å². The summed E-state index contributed by atoms with van der Waals surface area (Å²) in [5.41, 5.74) is 5.85. The largest absolute Gasteiger partial charge is 0.494 e. The van der Waals surface area contributed by atoms with Crippen molar-refractivity contribution >= 4 is 23.2 Å². The third-order valence-corrected chi connectivity index (χ3v) is 5.04. The predicted octanol–water partition coefficient (Wildman–Crippen LogP) is 5.09. The van der Waals surface area contributed by atoms with Crippen LogP contribution in [0.1, 0.15) is 61.3 Å². The summed E-state index contributed by atoms with van der Waals surface area (Å²) in [4.78, 5) is 16.9. The Labute approximate surface area is 178 Å². The van der Waals surface area contributed by atoms with Gasteiger partial charge in [-0.05, 0) is 68.3 Å². The molecular weight excluding hydrogens is 376 g/mol. The molecule has 0 saturated heterocycles. The van der Waals surface area contributed by atoms with E-state index in [1.807, 2.05) is 37.3 Å². The molecule has 0 spiro atoms. The van der Waals surface area contributed by atoms with E-state index in [1.165, 1.54) is 19.3 Å². The van der Waals surface area contributed by atoms with Crippen LogP contribution in [-0.2, 0) is 6.54 Å². The number of hydrogen-bond donors (Lipinski definition) is 1. The second-order valence-electron chi connectivity index (χ2n) is 7.28. The van der Waals surface area contributed by atoms with Crippen LogP contribution in [0.25, 0.3) is 11.0 Å². The summed E-state index contributed by atoms with van der Waals surface area (Å²) in [5.74, 6) is 1.53. The number of imidazole rings is 1. The lowest BCUT2D eigenvalue weighted by atomic mass is 10.2. The molecule has 1 amide bonds. The molecule has 0 radical (unpaired) electrons. The molecule has 1 aromatic heterocycles. The van der Waals surface area contributed by atoms with Gasteiger partial charge in [-0.3, -0.25) is 4.79 Å². The molecule has 6 heteroatoms. The fraction of sp³-hybridized carbons (Fsp3) is 0.375. The molecule has 0 atom stereocenters. The highest BCUT2D eigenvalue weighted by Crippen LogP contribution is 2.18. The average Bonchev–Trinajstić information content (AvgIpc) is 3.08. The number of hydrazone groups is 1. The van der Waals surface area contributed by atoms with Crippen LogP contribution < -0.4 is 10.2 Å². The van der Waals surface area contributed by atoms with Crippen LogP contribution in [-0.4, -0.2) is 28.3 Å². The quantitative estimate of drug-likeness (QED) is 0.290. The Bertz CT molecular complexity index is 1010. The van der Waals surface area contributed by atoms with Gasteiger partial charge in [-0.2, -0.15) is 5.10 Å². The molecule has 2 aromatic carbocycles. The summed E-state index contributed by atoms with van der Waals surface area (Å²) in [6, 6.07) is 13.2. The average molecular weight is 407 g/mol. The number of fused-ring (bicyclic) bond motifs is 1. The Hall–Kier alpha value is -3.15. The molecule has 30 heavy (non-hydrogen) atoms. The zero-order valence-corrected chi connectivity index (χ0v) is 18.0. The van der Waals surface area contributed by atoms with Gasteiger partial charge in [0.25, 0.3) is 5.91 Å².